The first kappa shape index (κ1) is 13.7. The van der Waals surface area contributed by atoms with Crippen molar-refractivity contribution in [3.63, 3.8) is 0 Å². The molecule has 0 aromatic heterocycles. The molecule has 5 heteroatoms. The lowest BCUT2D eigenvalue weighted by molar-refractivity contribution is 0.0759. The maximum atomic E-state index is 12.4. The second-order valence-electron chi connectivity index (χ2n) is 5.00. The van der Waals surface area contributed by atoms with Crippen molar-refractivity contribution in [2.24, 2.45) is 5.92 Å². The van der Waals surface area contributed by atoms with Crippen molar-refractivity contribution in [3.8, 4) is 5.75 Å². The molecule has 1 aromatic rings. The highest BCUT2D eigenvalue weighted by molar-refractivity contribution is 5.97. The third kappa shape index (κ3) is 2.81. The average molecular weight is 264 g/mol. The third-order valence-corrected chi connectivity index (χ3v) is 3.65. The fraction of sp³-hybridized carbons (Fsp3) is 0.500. The summed E-state index contributed by atoms with van der Waals surface area (Å²) in [5.41, 5.74) is 6.76. The molecule has 3 N–H and O–H groups in total. The third-order valence-electron chi connectivity index (χ3n) is 3.65. The molecule has 2 atom stereocenters. The summed E-state index contributed by atoms with van der Waals surface area (Å²) in [7, 11) is 1.52. The van der Waals surface area contributed by atoms with Crippen LogP contribution in [0, 0.1) is 5.92 Å². The lowest BCUT2D eigenvalue weighted by atomic mass is 10.0. The number of hydrogen-bond donors (Lipinski definition) is 2. The lowest BCUT2D eigenvalue weighted by Gasteiger charge is -2.19. The minimum Gasteiger partial charge on any atom is -0.496 e. The normalized spacial score (nSPS) is 20.4. The number of likely N-dealkylation sites (tertiary alicyclic amines) is 1. The molecule has 5 nitrogen and oxygen atoms in total. The first-order valence-electron chi connectivity index (χ1n) is 6.43. The van der Waals surface area contributed by atoms with Gasteiger partial charge in [-0.2, -0.15) is 0 Å². The van der Waals surface area contributed by atoms with Crippen molar-refractivity contribution < 1.29 is 14.6 Å². The number of ether oxygens (including phenoxy) is 1. The van der Waals surface area contributed by atoms with Gasteiger partial charge in [0.15, 0.2) is 0 Å². The number of anilines is 1. The summed E-state index contributed by atoms with van der Waals surface area (Å²) < 4.78 is 5.20. The van der Waals surface area contributed by atoms with Crippen molar-refractivity contribution in [1.29, 1.82) is 0 Å². The first-order chi connectivity index (χ1) is 9.02. The maximum absolute atomic E-state index is 12.4. The van der Waals surface area contributed by atoms with E-state index in [4.69, 9.17) is 10.5 Å². The van der Waals surface area contributed by atoms with E-state index in [0.717, 1.165) is 6.42 Å². The van der Waals surface area contributed by atoms with E-state index in [1.807, 2.05) is 0 Å². The smallest absolute Gasteiger partial charge is 0.257 e. The fourth-order valence-electron chi connectivity index (χ4n) is 2.42. The van der Waals surface area contributed by atoms with Crippen LogP contribution in [0.1, 0.15) is 23.7 Å². The Kier molecular flexibility index (Phi) is 3.95. The van der Waals surface area contributed by atoms with Gasteiger partial charge in [0.2, 0.25) is 0 Å². The first-order valence-corrected chi connectivity index (χ1v) is 6.43. The molecular formula is C14H20N2O3. The number of nitrogens with two attached hydrogens (primary N) is 1. The van der Waals surface area contributed by atoms with E-state index in [1.165, 1.54) is 7.11 Å². The zero-order valence-electron chi connectivity index (χ0n) is 11.3. The highest BCUT2D eigenvalue weighted by Crippen LogP contribution is 2.26. The summed E-state index contributed by atoms with van der Waals surface area (Å²) in [4.78, 5) is 14.2. The van der Waals surface area contributed by atoms with Crippen LogP contribution in [0.2, 0.25) is 0 Å². The standard InChI is InChI=1S/C14H20N2O3/c1-9(17)10-5-6-16(8-10)14(18)12-4-3-11(15)7-13(12)19-2/h3-4,7,9-10,17H,5-6,8,15H2,1-2H3. The molecule has 0 radical (unpaired) electrons. The molecule has 19 heavy (non-hydrogen) atoms. The second-order valence-corrected chi connectivity index (χ2v) is 5.00. The monoisotopic (exact) mass is 264 g/mol. The Bertz CT molecular complexity index is 474. The van der Waals surface area contributed by atoms with Crippen LogP contribution in [0.5, 0.6) is 5.75 Å². The molecule has 0 aliphatic carbocycles. The van der Waals surface area contributed by atoms with E-state index in [9.17, 15) is 9.90 Å². The summed E-state index contributed by atoms with van der Waals surface area (Å²) >= 11 is 0. The molecule has 2 unspecified atom stereocenters. The van der Waals surface area contributed by atoms with Crippen LogP contribution in [0.25, 0.3) is 0 Å². The van der Waals surface area contributed by atoms with Gasteiger partial charge in [-0.1, -0.05) is 0 Å². The molecule has 2 rings (SSSR count). The molecular weight excluding hydrogens is 244 g/mol. The van der Waals surface area contributed by atoms with Crippen LogP contribution < -0.4 is 10.5 Å². The van der Waals surface area contributed by atoms with Gasteiger partial charge in [0.05, 0.1) is 18.8 Å². The van der Waals surface area contributed by atoms with Crippen molar-refractivity contribution >= 4 is 11.6 Å². The van der Waals surface area contributed by atoms with Crippen molar-refractivity contribution in [2.75, 3.05) is 25.9 Å². The second kappa shape index (κ2) is 5.48. The van der Waals surface area contributed by atoms with Crippen LogP contribution in [0.3, 0.4) is 0 Å². The van der Waals surface area contributed by atoms with Crippen LogP contribution in [-0.2, 0) is 0 Å². The minimum absolute atomic E-state index is 0.0694. The van der Waals surface area contributed by atoms with E-state index >= 15 is 0 Å². The molecule has 1 aliphatic rings. The Morgan fingerprint density at radius 2 is 2.32 bits per heavy atom. The summed E-state index contributed by atoms with van der Waals surface area (Å²) in [6.45, 7) is 3.02. The number of benzene rings is 1. The Balaban J connectivity index is 2.17. The summed E-state index contributed by atoms with van der Waals surface area (Å²) in [6, 6.07) is 5.03. The van der Waals surface area contributed by atoms with Gasteiger partial charge in [0.25, 0.3) is 5.91 Å². The fourth-order valence-corrected chi connectivity index (χ4v) is 2.42. The van der Waals surface area contributed by atoms with Gasteiger partial charge in [0.1, 0.15) is 5.75 Å². The molecule has 1 saturated heterocycles. The van der Waals surface area contributed by atoms with E-state index in [2.05, 4.69) is 0 Å². The number of hydrogen-bond acceptors (Lipinski definition) is 4. The van der Waals surface area contributed by atoms with Gasteiger partial charge < -0.3 is 20.5 Å². The zero-order valence-corrected chi connectivity index (χ0v) is 11.3. The van der Waals surface area contributed by atoms with E-state index < -0.39 is 0 Å². The van der Waals surface area contributed by atoms with Crippen molar-refractivity contribution in [2.45, 2.75) is 19.4 Å². The van der Waals surface area contributed by atoms with Gasteiger partial charge in [-0.15, -0.1) is 0 Å². The summed E-state index contributed by atoms with van der Waals surface area (Å²) in [5.74, 6) is 0.578. The van der Waals surface area contributed by atoms with Crippen LogP contribution in [0.4, 0.5) is 5.69 Å². The number of aliphatic hydroxyl groups excluding tert-OH is 1. The molecule has 0 spiro atoms. The van der Waals surface area contributed by atoms with E-state index in [-0.39, 0.29) is 17.9 Å². The number of aliphatic hydroxyl groups is 1. The molecule has 1 aliphatic heterocycles. The van der Waals surface area contributed by atoms with Gasteiger partial charge in [-0.3, -0.25) is 4.79 Å². The number of rotatable bonds is 3. The van der Waals surface area contributed by atoms with Gasteiger partial charge >= 0.3 is 0 Å². The predicted molar refractivity (Wildman–Crippen MR) is 73.1 cm³/mol. The van der Waals surface area contributed by atoms with Gasteiger partial charge in [-0.05, 0) is 25.5 Å². The number of amides is 1. The highest BCUT2D eigenvalue weighted by Gasteiger charge is 2.30. The van der Waals surface area contributed by atoms with Crippen LogP contribution in [0.15, 0.2) is 18.2 Å². The molecule has 0 saturated carbocycles. The Morgan fingerprint density at radius 3 is 2.89 bits per heavy atom. The predicted octanol–water partition coefficient (Wildman–Crippen LogP) is 1.12. The minimum atomic E-state index is -0.383. The number of carbonyl (C=O) groups excluding carboxylic acids is 1. The Labute approximate surface area is 113 Å². The highest BCUT2D eigenvalue weighted by atomic mass is 16.5. The van der Waals surface area contributed by atoms with Gasteiger partial charge in [0, 0.05) is 30.8 Å². The largest absolute Gasteiger partial charge is 0.496 e. The number of nitrogen functional groups attached to an aromatic ring is 1. The quantitative estimate of drug-likeness (QED) is 0.802. The topological polar surface area (TPSA) is 75.8 Å². The molecule has 0 bridgehead atoms. The summed E-state index contributed by atoms with van der Waals surface area (Å²) in [6.07, 6.45) is 0.451. The SMILES string of the molecule is COc1cc(N)ccc1C(=O)N1CCC(C(C)O)C1. The molecule has 1 amide bonds. The number of nitrogens with zero attached hydrogens (tertiary/aromatic N) is 1. The molecule has 1 heterocycles. The zero-order chi connectivity index (χ0) is 14.0. The number of carbonyl (C=O) groups is 1. The molecule has 1 fully saturated rings. The van der Waals surface area contributed by atoms with Gasteiger partial charge in [-0.25, -0.2) is 0 Å². The lowest BCUT2D eigenvalue weighted by Crippen LogP contribution is -2.30. The Morgan fingerprint density at radius 1 is 1.58 bits per heavy atom. The van der Waals surface area contributed by atoms with Crippen LogP contribution >= 0.6 is 0 Å². The van der Waals surface area contributed by atoms with Crippen molar-refractivity contribution in [3.05, 3.63) is 23.8 Å². The maximum Gasteiger partial charge on any atom is 0.257 e. The summed E-state index contributed by atoms with van der Waals surface area (Å²) in [5, 5.41) is 9.58. The van der Waals surface area contributed by atoms with E-state index in [0.29, 0.717) is 30.1 Å². The molecule has 104 valence electrons. The van der Waals surface area contributed by atoms with E-state index in [1.54, 1.807) is 30.0 Å². The molecule has 1 aromatic carbocycles. The van der Waals surface area contributed by atoms with Crippen molar-refractivity contribution in [1.82, 2.24) is 4.90 Å². The van der Waals surface area contributed by atoms with Crippen LogP contribution in [-0.4, -0.2) is 42.2 Å². The number of methoxy groups -OCH3 is 1. The Hall–Kier alpha value is -1.75. The average Bonchev–Trinajstić information content (AvgIpc) is 2.87.